The standard InChI is InChI=1S/C22H33FSi/c1-2-3-7-16-24-17-12-20(13-18-24)22(14-5-4-6-15-22)19-8-10-21(23)11-9-19/h2-3,8-11,20,24H,4-7,12-18H2,1H3/t20-,24-. The van der Waals surface area contributed by atoms with Crippen LogP contribution in [0.3, 0.4) is 0 Å². The van der Waals surface area contributed by atoms with Gasteiger partial charge in [-0.25, -0.2) is 4.39 Å². The largest absolute Gasteiger partial charge is 0.207 e. The van der Waals surface area contributed by atoms with Crippen LogP contribution in [0.2, 0.25) is 18.1 Å². The zero-order valence-corrected chi connectivity index (χ0v) is 16.4. The van der Waals surface area contributed by atoms with Gasteiger partial charge in [0.05, 0.1) is 0 Å². The predicted octanol–water partition coefficient (Wildman–Crippen LogP) is 6.63. The van der Waals surface area contributed by atoms with Crippen molar-refractivity contribution in [1.82, 2.24) is 0 Å². The molecule has 1 aliphatic heterocycles. The Bertz CT molecular complexity index is 519. The molecule has 1 aliphatic carbocycles. The molecule has 0 unspecified atom stereocenters. The molecule has 1 saturated heterocycles. The van der Waals surface area contributed by atoms with Crippen LogP contribution in [0.15, 0.2) is 36.4 Å². The lowest BCUT2D eigenvalue weighted by Gasteiger charge is -2.47. The summed E-state index contributed by atoms with van der Waals surface area (Å²) >= 11 is 0. The van der Waals surface area contributed by atoms with Crippen LogP contribution >= 0.6 is 0 Å². The maximum Gasteiger partial charge on any atom is 0.123 e. The average molecular weight is 345 g/mol. The third-order valence-electron chi connectivity index (χ3n) is 6.77. The number of hydrogen-bond donors (Lipinski definition) is 0. The Morgan fingerprint density at radius 1 is 1.08 bits per heavy atom. The highest BCUT2D eigenvalue weighted by Gasteiger charge is 2.42. The predicted molar refractivity (Wildman–Crippen MR) is 105 cm³/mol. The van der Waals surface area contributed by atoms with Crippen molar-refractivity contribution in [3.63, 3.8) is 0 Å². The Balaban J connectivity index is 1.70. The van der Waals surface area contributed by atoms with Gasteiger partial charge in [0.15, 0.2) is 0 Å². The quantitative estimate of drug-likeness (QED) is 0.415. The molecule has 1 heterocycles. The van der Waals surface area contributed by atoms with Gasteiger partial charge in [-0.1, -0.05) is 74.5 Å². The number of halogens is 1. The van der Waals surface area contributed by atoms with Gasteiger partial charge in [0.1, 0.15) is 5.82 Å². The molecular formula is C22H33FSi. The number of rotatable bonds is 5. The van der Waals surface area contributed by atoms with E-state index >= 15 is 0 Å². The molecule has 3 rings (SSSR count). The summed E-state index contributed by atoms with van der Waals surface area (Å²) in [6.45, 7) is 2.13. The lowest BCUT2D eigenvalue weighted by atomic mass is 9.60. The van der Waals surface area contributed by atoms with Crippen molar-refractivity contribution < 1.29 is 4.39 Å². The van der Waals surface area contributed by atoms with Gasteiger partial charge in [0.2, 0.25) is 0 Å². The molecule has 0 radical (unpaired) electrons. The second-order valence-corrected chi connectivity index (χ2v) is 11.6. The zero-order valence-electron chi connectivity index (χ0n) is 15.3. The van der Waals surface area contributed by atoms with Crippen molar-refractivity contribution >= 4 is 8.80 Å². The molecule has 2 fully saturated rings. The van der Waals surface area contributed by atoms with Gasteiger partial charge in [-0.15, -0.1) is 0 Å². The first-order valence-electron chi connectivity index (χ1n) is 10.1. The van der Waals surface area contributed by atoms with Crippen molar-refractivity contribution in [2.75, 3.05) is 0 Å². The topological polar surface area (TPSA) is 0 Å². The monoisotopic (exact) mass is 344 g/mol. The van der Waals surface area contributed by atoms with Crippen LogP contribution in [-0.2, 0) is 5.41 Å². The molecule has 2 aliphatic rings. The zero-order chi connectivity index (χ0) is 16.8. The lowest BCUT2D eigenvalue weighted by Crippen LogP contribution is -2.40. The van der Waals surface area contributed by atoms with E-state index in [1.165, 1.54) is 75.1 Å². The van der Waals surface area contributed by atoms with Gasteiger partial charge in [-0.05, 0) is 55.2 Å². The summed E-state index contributed by atoms with van der Waals surface area (Å²) in [6.07, 6.45) is 15.5. The van der Waals surface area contributed by atoms with Crippen LogP contribution in [-0.4, -0.2) is 8.80 Å². The Kier molecular flexibility index (Phi) is 6.32. The van der Waals surface area contributed by atoms with E-state index in [2.05, 4.69) is 31.2 Å². The van der Waals surface area contributed by atoms with Crippen LogP contribution in [0.1, 0.15) is 63.9 Å². The summed E-state index contributed by atoms with van der Waals surface area (Å²) in [4.78, 5) is 0. The summed E-state index contributed by atoms with van der Waals surface area (Å²) in [7, 11) is -0.494. The fourth-order valence-electron chi connectivity index (χ4n) is 5.40. The van der Waals surface area contributed by atoms with E-state index in [4.69, 9.17) is 0 Å². The highest BCUT2D eigenvalue weighted by atomic mass is 28.3. The first-order valence-corrected chi connectivity index (χ1v) is 12.6. The molecule has 0 nitrogen and oxygen atoms in total. The summed E-state index contributed by atoms with van der Waals surface area (Å²) in [5.74, 6) is 0.749. The Morgan fingerprint density at radius 3 is 2.38 bits per heavy atom. The first-order chi connectivity index (χ1) is 11.7. The minimum atomic E-state index is -0.494. The summed E-state index contributed by atoms with van der Waals surface area (Å²) in [5.41, 5.74) is 1.79. The van der Waals surface area contributed by atoms with Gasteiger partial charge in [-0.3, -0.25) is 0 Å². The third kappa shape index (κ3) is 4.01. The first kappa shape index (κ1) is 17.9. The van der Waals surface area contributed by atoms with Gasteiger partial charge in [0.25, 0.3) is 0 Å². The fraction of sp³-hybridized carbons (Fsp3) is 0.636. The van der Waals surface area contributed by atoms with Crippen molar-refractivity contribution in [2.45, 2.75) is 81.8 Å². The molecule has 0 amide bonds. The van der Waals surface area contributed by atoms with Crippen molar-refractivity contribution in [3.8, 4) is 0 Å². The minimum absolute atomic E-state index is 0.0928. The highest BCUT2D eigenvalue weighted by molar-refractivity contribution is 6.59. The van der Waals surface area contributed by atoms with Gasteiger partial charge >= 0.3 is 0 Å². The molecule has 132 valence electrons. The van der Waals surface area contributed by atoms with Crippen LogP contribution in [0.5, 0.6) is 0 Å². The molecule has 1 saturated carbocycles. The fourth-order valence-corrected chi connectivity index (χ4v) is 8.68. The smallest absolute Gasteiger partial charge is 0.123 e. The molecule has 0 spiro atoms. The Labute approximate surface area is 149 Å². The number of allylic oxidation sites excluding steroid dienone is 2. The summed E-state index contributed by atoms with van der Waals surface area (Å²) < 4.78 is 13.4. The van der Waals surface area contributed by atoms with Gasteiger partial charge in [0, 0.05) is 8.80 Å². The van der Waals surface area contributed by atoms with Gasteiger partial charge < -0.3 is 0 Å². The molecule has 0 N–H and O–H groups in total. The maximum atomic E-state index is 13.4. The van der Waals surface area contributed by atoms with E-state index in [0.29, 0.717) is 5.41 Å². The van der Waals surface area contributed by atoms with E-state index in [1.807, 2.05) is 0 Å². The highest BCUT2D eigenvalue weighted by Crippen LogP contribution is 2.50. The van der Waals surface area contributed by atoms with Crippen molar-refractivity contribution in [1.29, 1.82) is 0 Å². The normalized spacial score (nSPS) is 27.4. The maximum absolute atomic E-state index is 13.4. The summed E-state index contributed by atoms with van der Waals surface area (Å²) in [6, 6.07) is 12.1. The van der Waals surface area contributed by atoms with Crippen molar-refractivity contribution in [2.24, 2.45) is 5.92 Å². The number of benzene rings is 1. The SMILES string of the molecule is CC=CCC[Si@H]1CC[C@H](C2(c3ccc(F)cc3)CCCCC2)CC1. The van der Waals surface area contributed by atoms with Gasteiger partial charge in [-0.2, -0.15) is 0 Å². The molecule has 0 atom stereocenters. The lowest BCUT2D eigenvalue weighted by molar-refractivity contribution is 0.174. The van der Waals surface area contributed by atoms with Crippen LogP contribution in [0.4, 0.5) is 4.39 Å². The molecule has 0 bridgehead atoms. The molecule has 1 aromatic carbocycles. The molecule has 1 aromatic rings. The third-order valence-corrected chi connectivity index (χ3v) is 10.2. The van der Waals surface area contributed by atoms with E-state index in [0.717, 1.165) is 5.92 Å². The molecular weight excluding hydrogens is 311 g/mol. The summed E-state index contributed by atoms with van der Waals surface area (Å²) in [5, 5.41) is 0. The second kappa shape index (κ2) is 8.47. The number of hydrogen-bond acceptors (Lipinski definition) is 0. The van der Waals surface area contributed by atoms with Crippen LogP contribution in [0, 0.1) is 11.7 Å². The Hall–Kier alpha value is -0.893. The van der Waals surface area contributed by atoms with Crippen LogP contribution < -0.4 is 0 Å². The van der Waals surface area contributed by atoms with E-state index in [9.17, 15) is 4.39 Å². The average Bonchev–Trinajstić information content (AvgIpc) is 2.64. The molecule has 2 heteroatoms. The molecule has 0 aromatic heterocycles. The van der Waals surface area contributed by atoms with E-state index in [1.54, 1.807) is 12.1 Å². The Morgan fingerprint density at radius 2 is 1.75 bits per heavy atom. The van der Waals surface area contributed by atoms with E-state index in [-0.39, 0.29) is 5.82 Å². The molecule has 24 heavy (non-hydrogen) atoms. The minimum Gasteiger partial charge on any atom is -0.207 e. The second-order valence-electron chi connectivity index (χ2n) is 8.09. The van der Waals surface area contributed by atoms with Crippen molar-refractivity contribution in [3.05, 3.63) is 47.8 Å². The van der Waals surface area contributed by atoms with Crippen LogP contribution in [0.25, 0.3) is 0 Å². The van der Waals surface area contributed by atoms with E-state index < -0.39 is 8.80 Å².